The molecule has 2 N–H and O–H groups in total. The van der Waals surface area contributed by atoms with E-state index in [0.717, 1.165) is 11.1 Å². The smallest absolute Gasteiger partial charge is 0.407 e. The zero-order chi connectivity index (χ0) is 19.1. The number of rotatable bonds is 7. The molecule has 0 aromatic heterocycles. The molecule has 0 fully saturated rings. The average Bonchev–Trinajstić information content (AvgIpc) is 3.02. The van der Waals surface area contributed by atoms with Crippen LogP contribution in [0.1, 0.15) is 17.0 Å². The summed E-state index contributed by atoms with van der Waals surface area (Å²) in [6.07, 6.45) is 0.413. The Bertz CT molecular complexity index is 789. The van der Waals surface area contributed by atoms with Gasteiger partial charge in [-0.05, 0) is 22.3 Å². The molecule has 0 unspecified atom stereocenters. The number of carbonyl (C=O) groups excluding carboxylic acids is 2. The van der Waals surface area contributed by atoms with E-state index in [1.54, 1.807) is 0 Å². The van der Waals surface area contributed by atoms with Crippen LogP contribution in [0.2, 0.25) is 0 Å². The first-order valence-corrected chi connectivity index (χ1v) is 8.81. The maximum absolute atomic E-state index is 11.9. The molecule has 0 radical (unpaired) electrons. The van der Waals surface area contributed by atoms with Crippen molar-refractivity contribution in [2.24, 2.45) is 0 Å². The normalized spacial score (nSPS) is 11.9. The van der Waals surface area contributed by atoms with Crippen molar-refractivity contribution >= 4 is 12.2 Å². The number of nitrogens with one attached hydrogen (secondary N) is 2. The fourth-order valence-corrected chi connectivity index (χ4v) is 3.16. The van der Waals surface area contributed by atoms with Gasteiger partial charge in [-0.15, -0.1) is 0 Å². The van der Waals surface area contributed by atoms with Crippen LogP contribution >= 0.6 is 0 Å². The molecule has 0 atom stereocenters. The van der Waals surface area contributed by atoms with Gasteiger partial charge in [0.2, 0.25) is 0 Å². The molecule has 140 valence electrons. The first-order valence-electron chi connectivity index (χ1n) is 8.81. The van der Waals surface area contributed by atoms with Gasteiger partial charge in [0.15, 0.2) is 0 Å². The largest absolute Gasteiger partial charge is 0.449 e. The summed E-state index contributed by atoms with van der Waals surface area (Å²) in [6.45, 7) is 4.36. The standard InChI is InChI=1S/C21H22N2O4/c1-2-13-26-20(24)22-11-12-23-21(25)27-14-19-17-9-5-3-7-15(17)16-8-4-6-10-18(16)19/h2-10,19H,1,11-14H2,(H,22,24)(H,23,25). The van der Waals surface area contributed by atoms with E-state index in [9.17, 15) is 9.59 Å². The lowest BCUT2D eigenvalue weighted by Gasteiger charge is -2.14. The lowest BCUT2D eigenvalue weighted by molar-refractivity contribution is 0.141. The van der Waals surface area contributed by atoms with Gasteiger partial charge in [0.1, 0.15) is 13.2 Å². The second-order valence-electron chi connectivity index (χ2n) is 6.07. The van der Waals surface area contributed by atoms with Gasteiger partial charge in [-0.3, -0.25) is 0 Å². The first-order chi connectivity index (χ1) is 13.2. The summed E-state index contributed by atoms with van der Waals surface area (Å²) in [5.41, 5.74) is 4.70. The Labute approximate surface area is 158 Å². The summed E-state index contributed by atoms with van der Waals surface area (Å²) >= 11 is 0. The second kappa shape index (κ2) is 8.89. The van der Waals surface area contributed by atoms with Crippen molar-refractivity contribution in [3.63, 3.8) is 0 Å². The highest BCUT2D eigenvalue weighted by atomic mass is 16.6. The highest BCUT2D eigenvalue weighted by molar-refractivity contribution is 5.79. The quantitative estimate of drug-likeness (QED) is 0.581. The summed E-state index contributed by atoms with van der Waals surface area (Å²) in [6, 6.07) is 16.3. The van der Waals surface area contributed by atoms with Crippen molar-refractivity contribution in [2.75, 3.05) is 26.3 Å². The molecule has 6 nitrogen and oxygen atoms in total. The first kappa shape index (κ1) is 18.5. The van der Waals surface area contributed by atoms with E-state index in [0.29, 0.717) is 0 Å². The highest BCUT2D eigenvalue weighted by Gasteiger charge is 2.28. The molecular weight excluding hydrogens is 344 g/mol. The van der Waals surface area contributed by atoms with Crippen LogP contribution in [-0.2, 0) is 9.47 Å². The van der Waals surface area contributed by atoms with E-state index in [2.05, 4.69) is 41.5 Å². The number of alkyl carbamates (subject to hydrolysis) is 2. The third-order valence-corrected chi connectivity index (χ3v) is 4.34. The predicted molar refractivity (Wildman–Crippen MR) is 103 cm³/mol. The molecule has 0 saturated heterocycles. The van der Waals surface area contributed by atoms with E-state index in [-0.39, 0.29) is 32.2 Å². The van der Waals surface area contributed by atoms with Crippen LogP contribution in [-0.4, -0.2) is 38.5 Å². The molecule has 2 aromatic rings. The van der Waals surface area contributed by atoms with Crippen LogP contribution in [0.4, 0.5) is 9.59 Å². The topological polar surface area (TPSA) is 76.7 Å². The summed E-state index contributed by atoms with van der Waals surface area (Å²) in [5.74, 6) is 0.0233. The van der Waals surface area contributed by atoms with E-state index >= 15 is 0 Å². The number of ether oxygens (including phenoxy) is 2. The van der Waals surface area contributed by atoms with Gasteiger partial charge in [0.25, 0.3) is 0 Å². The van der Waals surface area contributed by atoms with Gasteiger partial charge in [-0.2, -0.15) is 0 Å². The molecule has 0 aliphatic heterocycles. The maximum Gasteiger partial charge on any atom is 0.407 e. The maximum atomic E-state index is 11.9. The molecule has 0 bridgehead atoms. The highest BCUT2D eigenvalue weighted by Crippen LogP contribution is 2.44. The minimum Gasteiger partial charge on any atom is -0.449 e. The van der Waals surface area contributed by atoms with Crippen molar-refractivity contribution in [1.82, 2.24) is 10.6 Å². The Hall–Kier alpha value is -3.28. The van der Waals surface area contributed by atoms with E-state index in [1.807, 2.05) is 24.3 Å². The molecule has 1 aliphatic rings. The molecule has 0 heterocycles. The summed E-state index contributed by atoms with van der Waals surface area (Å²) in [7, 11) is 0. The zero-order valence-electron chi connectivity index (χ0n) is 14.9. The fraction of sp³-hybridized carbons (Fsp3) is 0.238. The summed E-state index contributed by atoms with van der Waals surface area (Å²) in [5, 5.41) is 5.13. The zero-order valence-corrected chi connectivity index (χ0v) is 14.9. The van der Waals surface area contributed by atoms with Gasteiger partial charge in [-0.1, -0.05) is 61.2 Å². The number of benzene rings is 2. The third kappa shape index (κ3) is 4.47. The molecule has 3 rings (SSSR count). The van der Waals surface area contributed by atoms with Crippen LogP contribution in [0.3, 0.4) is 0 Å². The molecule has 0 saturated carbocycles. The van der Waals surface area contributed by atoms with Gasteiger partial charge in [0, 0.05) is 19.0 Å². The lowest BCUT2D eigenvalue weighted by Crippen LogP contribution is -2.35. The molecule has 27 heavy (non-hydrogen) atoms. The van der Waals surface area contributed by atoms with Crippen LogP contribution in [0.25, 0.3) is 11.1 Å². The fourth-order valence-electron chi connectivity index (χ4n) is 3.16. The average molecular weight is 366 g/mol. The number of carbonyl (C=O) groups is 2. The van der Waals surface area contributed by atoms with E-state index in [4.69, 9.17) is 9.47 Å². The minimum atomic E-state index is -0.552. The van der Waals surface area contributed by atoms with Crippen molar-refractivity contribution in [3.8, 4) is 11.1 Å². The molecule has 2 amide bonds. The number of hydrogen-bond donors (Lipinski definition) is 2. The van der Waals surface area contributed by atoms with Crippen LogP contribution in [0, 0.1) is 0 Å². The third-order valence-electron chi connectivity index (χ3n) is 4.34. The Kier molecular flexibility index (Phi) is 6.10. The molecular formula is C21H22N2O4. The number of fused-ring (bicyclic) bond motifs is 3. The molecule has 2 aromatic carbocycles. The predicted octanol–water partition coefficient (Wildman–Crippen LogP) is 3.44. The van der Waals surface area contributed by atoms with Crippen LogP contribution < -0.4 is 10.6 Å². The second-order valence-corrected chi connectivity index (χ2v) is 6.07. The van der Waals surface area contributed by atoms with Gasteiger partial charge < -0.3 is 20.1 Å². The summed E-state index contributed by atoms with van der Waals surface area (Å²) < 4.78 is 10.2. The Morgan fingerprint density at radius 2 is 1.41 bits per heavy atom. The van der Waals surface area contributed by atoms with Crippen molar-refractivity contribution in [3.05, 3.63) is 72.3 Å². The van der Waals surface area contributed by atoms with Gasteiger partial charge in [-0.25, -0.2) is 9.59 Å². The lowest BCUT2D eigenvalue weighted by atomic mass is 9.98. The van der Waals surface area contributed by atoms with Gasteiger partial charge in [0.05, 0.1) is 0 Å². The van der Waals surface area contributed by atoms with Gasteiger partial charge >= 0.3 is 12.2 Å². The number of hydrogen-bond acceptors (Lipinski definition) is 4. The van der Waals surface area contributed by atoms with Crippen molar-refractivity contribution in [1.29, 1.82) is 0 Å². The Morgan fingerprint density at radius 3 is 1.96 bits per heavy atom. The van der Waals surface area contributed by atoms with E-state index in [1.165, 1.54) is 17.2 Å². The van der Waals surface area contributed by atoms with Crippen LogP contribution in [0.15, 0.2) is 61.2 Å². The monoisotopic (exact) mass is 366 g/mol. The van der Waals surface area contributed by atoms with Crippen molar-refractivity contribution in [2.45, 2.75) is 5.92 Å². The summed E-state index contributed by atoms with van der Waals surface area (Å²) in [4.78, 5) is 23.2. The molecule has 0 spiro atoms. The Balaban J connectivity index is 1.48. The SMILES string of the molecule is C=CCOC(=O)NCCNC(=O)OCC1c2ccccc2-c2ccccc21. The molecule has 1 aliphatic carbocycles. The Morgan fingerprint density at radius 1 is 0.889 bits per heavy atom. The minimum absolute atomic E-state index is 0.0233. The molecule has 6 heteroatoms. The van der Waals surface area contributed by atoms with Crippen LogP contribution in [0.5, 0.6) is 0 Å². The van der Waals surface area contributed by atoms with Crippen molar-refractivity contribution < 1.29 is 19.1 Å². The number of amides is 2. The van der Waals surface area contributed by atoms with E-state index < -0.39 is 12.2 Å².